The summed E-state index contributed by atoms with van der Waals surface area (Å²) >= 11 is 0. The number of carbonyl (C=O) groups is 1. The molecule has 0 saturated carbocycles. The predicted octanol–water partition coefficient (Wildman–Crippen LogP) is 4.80. The molecule has 0 atom stereocenters. The molecule has 0 saturated heterocycles. The van der Waals surface area contributed by atoms with Crippen molar-refractivity contribution in [1.29, 1.82) is 0 Å². The number of rotatable bonds is 4. The van der Waals surface area contributed by atoms with Crippen LogP contribution in [0.15, 0.2) is 54.6 Å². The van der Waals surface area contributed by atoms with E-state index in [2.05, 4.69) is 31.0 Å². The zero-order valence-corrected chi connectivity index (χ0v) is 13.3. The Morgan fingerprint density at radius 1 is 1.09 bits per heavy atom. The smallest absolute Gasteiger partial charge is 0.336 e. The Hall–Kier alpha value is -2.68. The maximum absolute atomic E-state index is 11.5. The number of aromatic nitrogens is 1. The molecule has 3 nitrogen and oxygen atoms in total. The van der Waals surface area contributed by atoms with E-state index >= 15 is 0 Å². The van der Waals surface area contributed by atoms with E-state index in [1.54, 1.807) is 12.1 Å². The van der Waals surface area contributed by atoms with Gasteiger partial charge in [-0.05, 0) is 30.0 Å². The third-order valence-electron chi connectivity index (χ3n) is 3.84. The van der Waals surface area contributed by atoms with Crippen LogP contribution < -0.4 is 0 Å². The van der Waals surface area contributed by atoms with Crippen molar-refractivity contribution >= 4 is 16.9 Å². The number of carboxylic acid groups (broad SMARTS) is 1. The highest BCUT2D eigenvalue weighted by Crippen LogP contribution is 2.25. The predicted molar refractivity (Wildman–Crippen MR) is 92.7 cm³/mol. The Labute approximate surface area is 135 Å². The summed E-state index contributed by atoms with van der Waals surface area (Å²) in [6, 6.07) is 17.2. The minimum atomic E-state index is -0.929. The Balaban J connectivity index is 2.07. The molecule has 1 aromatic heterocycles. The average Bonchev–Trinajstić information content (AvgIpc) is 2.54. The van der Waals surface area contributed by atoms with Crippen molar-refractivity contribution in [3.63, 3.8) is 0 Å². The molecular formula is C20H19NO2. The molecule has 0 aliphatic carbocycles. The number of hydrogen-bond acceptors (Lipinski definition) is 2. The van der Waals surface area contributed by atoms with Gasteiger partial charge in [0.05, 0.1) is 16.8 Å². The molecule has 0 fully saturated rings. The fourth-order valence-corrected chi connectivity index (χ4v) is 2.78. The molecule has 3 aromatic rings. The molecule has 0 spiro atoms. The van der Waals surface area contributed by atoms with Crippen LogP contribution >= 0.6 is 0 Å². The lowest BCUT2D eigenvalue weighted by Gasteiger charge is -2.09. The Kier molecular flexibility index (Phi) is 4.11. The third-order valence-corrected chi connectivity index (χ3v) is 3.84. The van der Waals surface area contributed by atoms with Gasteiger partial charge in [-0.3, -0.25) is 0 Å². The van der Waals surface area contributed by atoms with Crippen LogP contribution in [0.4, 0.5) is 0 Å². The summed E-state index contributed by atoms with van der Waals surface area (Å²) < 4.78 is 0. The van der Waals surface area contributed by atoms with Gasteiger partial charge < -0.3 is 5.11 Å². The average molecular weight is 305 g/mol. The van der Waals surface area contributed by atoms with Gasteiger partial charge in [-0.15, -0.1) is 0 Å². The van der Waals surface area contributed by atoms with Crippen LogP contribution in [0.3, 0.4) is 0 Å². The Morgan fingerprint density at radius 3 is 2.43 bits per heavy atom. The number of benzene rings is 2. The van der Waals surface area contributed by atoms with Crippen molar-refractivity contribution in [2.45, 2.75) is 20.3 Å². The lowest BCUT2D eigenvalue weighted by Crippen LogP contribution is -2.00. The molecule has 0 radical (unpaired) electrons. The van der Waals surface area contributed by atoms with Crippen LogP contribution in [0, 0.1) is 5.92 Å². The Morgan fingerprint density at radius 2 is 1.78 bits per heavy atom. The van der Waals surface area contributed by atoms with Crippen molar-refractivity contribution in [3.05, 3.63) is 65.7 Å². The normalized spacial score (nSPS) is 11.1. The molecule has 116 valence electrons. The topological polar surface area (TPSA) is 50.2 Å². The molecule has 3 rings (SSSR count). The second kappa shape index (κ2) is 6.21. The van der Waals surface area contributed by atoms with Gasteiger partial charge in [0.25, 0.3) is 0 Å². The molecule has 0 unspecified atom stereocenters. The van der Waals surface area contributed by atoms with Gasteiger partial charge in [0.2, 0.25) is 0 Å². The third kappa shape index (κ3) is 3.24. The lowest BCUT2D eigenvalue weighted by atomic mass is 9.99. The summed E-state index contributed by atoms with van der Waals surface area (Å²) in [5, 5.41) is 10.1. The number of fused-ring (bicyclic) bond motifs is 1. The van der Waals surface area contributed by atoms with E-state index < -0.39 is 5.97 Å². The van der Waals surface area contributed by atoms with E-state index in [-0.39, 0.29) is 5.56 Å². The van der Waals surface area contributed by atoms with Crippen molar-refractivity contribution < 1.29 is 9.90 Å². The molecule has 1 heterocycles. The molecule has 0 bridgehead atoms. The Bertz CT molecular complexity index is 851. The van der Waals surface area contributed by atoms with Crippen LogP contribution in [0.5, 0.6) is 0 Å². The second-order valence-electron chi connectivity index (χ2n) is 6.17. The summed E-state index contributed by atoms with van der Waals surface area (Å²) in [6.07, 6.45) is 1.03. The van der Waals surface area contributed by atoms with Crippen molar-refractivity contribution in [1.82, 2.24) is 4.98 Å². The van der Waals surface area contributed by atoms with Gasteiger partial charge >= 0.3 is 5.97 Å². The van der Waals surface area contributed by atoms with E-state index in [0.717, 1.165) is 12.0 Å². The molecule has 3 heteroatoms. The maximum Gasteiger partial charge on any atom is 0.336 e. The molecule has 2 aromatic carbocycles. The van der Waals surface area contributed by atoms with Gasteiger partial charge in [0.1, 0.15) is 0 Å². The molecule has 0 aliphatic heterocycles. The van der Waals surface area contributed by atoms with Crippen LogP contribution in [0.2, 0.25) is 0 Å². The van der Waals surface area contributed by atoms with E-state index in [4.69, 9.17) is 0 Å². The highest BCUT2D eigenvalue weighted by Gasteiger charge is 2.12. The lowest BCUT2D eigenvalue weighted by molar-refractivity contribution is 0.0699. The first kappa shape index (κ1) is 15.2. The molecule has 23 heavy (non-hydrogen) atoms. The summed E-state index contributed by atoms with van der Waals surface area (Å²) in [7, 11) is 0. The molecule has 1 N–H and O–H groups in total. The first-order chi connectivity index (χ1) is 11.0. The van der Waals surface area contributed by atoms with Gasteiger partial charge in [-0.2, -0.15) is 0 Å². The molecule has 0 aliphatic rings. The van der Waals surface area contributed by atoms with Gasteiger partial charge in [0, 0.05) is 10.9 Å². The number of aromatic carboxylic acids is 1. The standard InChI is InChI=1S/C20H19NO2/c1-13(2)11-14-7-9-15(10-8-14)19-12-17(20(22)23)16-5-3-4-6-18(16)21-19/h3-10,12-13H,11H2,1-2H3,(H,22,23). The fourth-order valence-electron chi connectivity index (χ4n) is 2.78. The van der Waals surface area contributed by atoms with Gasteiger partial charge in [-0.1, -0.05) is 56.3 Å². The number of nitrogens with zero attached hydrogens (tertiary/aromatic N) is 1. The minimum Gasteiger partial charge on any atom is -0.478 e. The number of carboxylic acids is 1. The summed E-state index contributed by atoms with van der Waals surface area (Å²) in [6.45, 7) is 4.38. The number of para-hydroxylation sites is 1. The van der Waals surface area contributed by atoms with Gasteiger partial charge in [0.15, 0.2) is 0 Å². The van der Waals surface area contributed by atoms with Crippen LogP contribution in [-0.2, 0) is 6.42 Å². The highest BCUT2D eigenvalue weighted by molar-refractivity contribution is 6.03. The fraction of sp³-hybridized carbons (Fsp3) is 0.200. The summed E-state index contributed by atoms with van der Waals surface area (Å²) in [5.74, 6) is -0.320. The van der Waals surface area contributed by atoms with Crippen LogP contribution in [-0.4, -0.2) is 16.1 Å². The van der Waals surface area contributed by atoms with Crippen molar-refractivity contribution in [2.75, 3.05) is 0 Å². The first-order valence-corrected chi connectivity index (χ1v) is 7.77. The monoisotopic (exact) mass is 305 g/mol. The quantitative estimate of drug-likeness (QED) is 0.753. The van der Waals surface area contributed by atoms with Crippen molar-refractivity contribution in [3.8, 4) is 11.3 Å². The van der Waals surface area contributed by atoms with Crippen LogP contribution in [0.25, 0.3) is 22.2 Å². The largest absolute Gasteiger partial charge is 0.478 e. The zero-order chi connectivity index (χ0) is 16.4. The van der Waals surface area contributed by atoms with Crippen LogP contribution in [0.1, 0.15) is 29.8 Å². The summed E-state index contributed by atoms with van der Waals surface area (Å²) in [5.41, 5.74) is 3.90. The number of hydrogen-bond donors (Lipinski definition) is 1. The summed E-state index contributed by atoms with van der Waals surface area (Å²) in [4.78, 5) is 16.2. The minimum absolute atomic E-state index is 0.289. The van der Waals surface area contributed by atoms with E-state index in [9.17, 15) is 9.90 Å². The van der Waals surface area contributed by atoms with E-state index in [0.29, 0.717) is 22.5 Å². The van der Waals surface area contributed by atoms with E-state index in [1.165, 1.54) is 5.56 Å². The molecule has 0 amide bonds. The zero-order valence-electron chi connectivity index (χ0n) is 13.3. The number of pyridine rings is 1. The van der Waals surface area contributed by atoms with Gasteiger partial charge in [-0.25, -0.2) is 9.78 Å². The second-order valence-corrected chi connectivity index (χ2v) is 6.17. The van der Waals surface area contributed by atoms with E-state index in [1.807, 2.05) is 30.3 Å². The maximum atomic E-state index is 11.5. The van der Waals surface area contributed by atoms with Crippen molar-refractivity contribution in [2.24, 2.45) is 5.92 Å². The first-order valence-electron chi connectivity index (χ1n) is 7.77. The SMILES string of the molecule is CC(C)Cc1ccc(-c2cc(C(=O)O)c3ccccc3n2)cc1. The molecular weight excluding hydrogens is 286 g/mol. The highest BCUT2D eigenvalue weighted by atomic mass is 16.4.